The van der Waals surface area contributed by atoms with Gasteiger partial charge in [-0.1, -0.05) is 29.8 Å². The molecule has 2 aromatic carbocycles. The van der Waals surface area contributed by atoms with Gasteiger partial charge in [0.25, 0.3) is 0 Å². The molecule has 0 spiro atoms. The lowest BCUT2D eigenvalue weighted by Crippen LogP contribution is -2.36. The highest BCUT2D eigenvalue weighted by Crippen LogP contribution is 2.28. The molecule has 0 aromatic heterocycles. The van der Waals surface area contributed by atoms with Crippen molar-refractivity contribution in [2.75, 3.05) is 27.3 Å². The largest absolute Gasteiger partial charge is 0.493 e. The third kappa shape index (κ3) is 7.32. The van der Waals surface area contributed by atoms with Gasteiger partial charge in [-0.25, -0.2) is 0 Å². The number of ether oxygens (including phenoxy) is 2. The zero-order valence-corrected chi connectivity index (χ0v) is 17.9. The van der Waals surface area contributed by atoms with Crippen LogP contribution in [-0.2, 0) is 13.1 Å². The Morgan fingerprint density at radius 3 is 2.32 bits per heavy atom. The number of likely N-dealkylation sites (N-methyl/N-ethyl adjacent to an activating group) is 1. The van der Waals surface area contributed by atoms with Crippen LogP contribution in [0.25, 0.3) is 0 Å². The number of rotatable bonds is 11. The van der Waals surface area contributed by atoms with E-state index in [9.17, 15) is 5.11 Å². The highest BCUT2D eigenvalue weighted by molar-refractivity contribution is 6.30. The molecule has 1 unspecified atom stereocenters. The lowest BCUT2D eigenvalue weighted by atomic mass is 10.2. The fourth-order valence-corrected chi connectivity index (χ4v) is 2.80. The van der Waals surface area contributed by atoms with Crippen molar-refractivity contribution < 1.29 is 14.6 Å². The minimum atomic E-state index is -0.558. The molecule has 0 saturated heterocycles. The molecular weight excluding hydrogens is 376 g/mol. The number of halogens is 1. The van der Waals surface area contributed by atoms with Crippen molar-refractivity contribution in [3.8, 4) is 11.5 Å². The number of nitrogens with one attached hydrogen (secondary N) is 1. The second-order valence-electron chi connectivity index (χ2n) is 7.21. The van der Waals surface area contributed by atoms with Crippen LogP contribution in [0.4, 0.5) is 0 Å². The summed E-state index contributed by atoms with van der Waals surface area (Å²) in [6.07, 6.45) is -0.558. The molecule has 0 amide bonds. The van der Waals surface area contributed by atoms with Gasteiger partial charge >= 0.3 is 0 Å². The summed E-state index contributed by atoms with van der Waals surface area (Å²) in [7, 11) is 3.61. The monoisotopic (exact) mass is 406 g/mol. The molecule has 0 radical (unpaired) electrons. The van der Waals surface area contributed by atoms with Gasteiger partial charge < -0.3 is 24.8 Å². The highest BCUT2D eigenvalue weighted by atomic mass is 35.5. The van der Waals surface area contributed by atoms with E-state index in [1.807, 2.05) is 49.5 Å². The fraction of sp³-hybridized carbons (Fsp3) is 0.455. The molecule has 0 fully saturated rings. The quantitative estimate of drug-likeness (QED) is 0.595. The summed E-state index contributed by atoms with van der Waals surface area (Å²) in [5.41, 5.74) is 2.27. The van der Waals surface area contributed by atoms with Crippen molar-refractivity contribution in [2.24, 2.45) is 0 Å². The zero-order chi connectivity index (χ0) is 20.5. The van der Waals surface area contributed by atoms with E-state index in [-0.39, 0.29) is 6.61 Å². The van der Waals surface area contributed by atoms with Crippen molar-refractivity contribution in [3.05, 3.63) is 58.6 Å². The van der Waals surface area contributed by atoms with E-state index in [0.29, 0.717) is 30.6 Å². The number of methoxy groups -OCH3 is 1. The highest BCUT2D eigenvalue weighted by Gasteiger charge is 2.13. The predicted molar refractivity (Wildman–Crippen MR) is 114 cm³/mol. The molecule has 28 heavy (non-hydrogen) atoms. The van der Waals surface area contributed by atoms with Crippen LogP contribution in [0, 0.1) is 0 Å². The molecule has 0 heterocycles. The molecule has 2 aromatic rings. The van der Waals surface area contributed by atoms with E-state index in [2.05, 4.69) is 24.1 Å². The minimum Gasteiger partial charge on any atom is -0.493 e. The summed E-state index contributed by atoms with van der Waals surface area (Å²) in [4.78, 5) is 2.08. The van der Waals surface area contributed by atoms with Crippen molar-refractivity contribution in [1.29, 1.82) is 0 Å². The van der Waals surface area contributed by atoms with Gasteiger partial charge in [-0.05, 0) is 56.3 Å². The van der Waals surface area contributed by atoms with Crippen LogP contribution in [0.5, 0.6) is 11.5 Å². The lowest BCUT2D eigenvalue weighted by Gasteiger charge is -2.24. The Morgan fingerprint density at radius 1 is 1.04 bits per heavy atom. The second kappa shape index (κ2) is 11.3. The van der Waals surface area contributed by atoms with Gasteiger partial charge in [0, 0.05) is 30.7 Å². The maximum atomic E-state index is 10.2. The Morgan fingerprint density at radius 2 is 1.68 bits per heavy atom. The summed E-state index contributed by atoms with van der Waals surface area (Å²) in [6.45, 7) is 6.44. The molecule has 0 aliphatic heterocycles. The Kier molecular flexibility index (Phi) is 9.06. The Bertz CT molecular complexity index is 722. The van der Waals surface area contributed by atoms with Gasteiger partial charge in [0.05, 0.1) is 7.11 Å². The van der Waals surface area contributed by atoms with Crippen molar-refractivity contribution in [1.82, 2.24) is 10.2 Å². The number of hydrogen-bond acceptors (Lipinski definition) is 5. The van der Waals surface area contributed by atoms with E-state index < -0.39 is 6.10 Å². The average Bonchev–Trinajstić information content (AvgIpc) is 2.68. The number of benzene rings is 2. The third-order valence-electron chi connectivity index (χ3n) is 4.61. The van der Waals surface area contributed by atoms with Crippen LogP contribution in [0.1, 0.15) is 25.0 Å². The second-order valence-corrected chi connectivity index (χ2v) is 7.65. The molecule has 2 rings (SSSR count). The first-order valence-corrected chi connectivity index (χ1v) is 9.90. The van der Waals surface area contributed by atoms with E-state index in [1.54, 1.807) is 7.11 Å². The van der Waals surface area contributed by atoms with E-state index >= 15 is 0 Å². The number of nitrogens with zero attached hydrogens (tertiary/aromatic N) is 1. The minimum absolute atomic E-state index is 0.224. The zero-order valence-electron chi connectivity index (χ0n) is 17.1. The van der Waals surface area contributed by atoms with Crippen LogP contribution in [0.3, 0.4) is 0 Å². The maximum absolute atomic E-state index is 10.2. The first kappa shape index (κ1) is 22.5. The van der Waals surface area contributed by atoms with E-state index in [0.717, 1.165) is 17.1 Å². The van der Waals surface area contributed by atoms with Gasteiger partial charge in [0.2, 0.25) is 0 Å². The molecule has 0 bridgehead atoms. The van der Waals surface area contributed by atoms with Crippen molar-refractivity contribution in [3.63, 3.8) is 0 Å². The molecule has 2 N–H and O–H groups in total. The predicted octanol–water partition coefficient (Wildman–Crippen LogP) is 3.72. The van der Waals surface area contributed by atoms with Gasteiger partial charge in [-0.2, -0.15) is 0 Å². The normalized spacial score (nSPS) is 12.4. The van der Waals surface area contributed by atoms with Gasteiger partial charge in [-0.15, -0.1) is 0 Å². The van der Waals surface area contributed by atoms with Crippen LogP contribution in [-0.4, -0.2) is 49.5 Å². The first-order chi connectivity index (χ1) is 13.4. The van der Waals surface area contributed by atoms with E-state index in [4.69, 9.17) is 21.1 Å². The smallest absolute Gasteiger partial charge is 0.161 e. The standard InChI is InChI=1S/C22H31ClN2O3/c1-16(2)25(3)14-20(26)15-28-21-10-7-18(11-22(21)27-4)13-24-12-17-5-8-19(23)9-6-17/h5-11,16,20,24,26H,12-15H2,1-4H3. The average molecular weight is 407 g/mol. The summed E-state index contributed by atoms with van der Waals surface area (Å²) in [5, 5.41) is 14.3. The summed E-state index contributed by atoms with van der Waals surface area (Å²) in [6, 6.07) is 14.0. The fourth-order valence-electron chi connectivity index (χ4n) is 2.68. The molecular formula is C22H31ClN2O3. The van der Waals surface area contributed by atoms with Gasteiger partial charge in [0.15, 0.2) is 11.5 Å². The Balaban J connectivity index is 1.86. The topological polar surface area (TPSA) is 54.0 Å². The number of aliphatic hydroxyl groups excluding tert-OH is 1. The molecule has 0 aliphatic carbocycles. The third-order valence-corrected chi connectivity index (χ3v) is 4.86. The molecule has 0 saturated carbocycles. The SMILES string of the molecule is COc1cc(CNCc2ccc(Cl)cc2)ccc1OCC(O)CN(C)C(C)C. The molecule has 1 atom stereocenters. The summed E-state index contributed by atoms with van der Waals surface area (Å²) in [5.74, 6) is 1.30. The Hall–Kier alpha value is -1.79. The van der Waals surface area contributed by atoms with Crippen molar-refractivity contribution in [2.45, 2.75) is 39.1 Å². The van der Waals surface area contributed by atoms with Gasteiger partial charge in [-0.3, -0.25) is 0 Å². The van der Waals surface area contributed by atoms with Crippen LogP contribution in [0.2, 0.25) is 5.02 Å². The van der Waals surface area contributed by atoms with Crippen LogP contribution < -0.4 is 14.8 Å². The Labute approximate surface area is 173 Å². The number of aliphatic hydroxyl groups is 1. The first-order valence-electron chi connectivity index (χ1n) is 9.52. The van der Waals surface area contributed by atoms with Crippen LogP contribution >= 0.6 is 11.6 Å². The summed E-state index contributed by atoms with van der Waals surface area (Å²) >= 11 is 5.91. The molecule has 5 nitrogen and oxygen atoms in total. The van der Waals surface area contributed by atoms with E-state index in [1.165, 1.54) is 5.56 Å². The number of hydrogen-bond donors (Lipinski definition) is 2. The molecule has 154 valence electrons. The lowest BCUT2D eigenvalue weighted by molar-refractivity contribution is 0.0668. The molecule has 6 heteroatoms. The molecule has 0 aliphatic rings. The summed E-state index contributed by atoms with van der Waals surface area (Å²) < 4.78 is 11.2. The van der Waals surface area contributed by atoms with Crippen LogP contribution in [0.15, 0.2) is 42.5 Å². The van der Waals surface area contributed by atoms with Gasteiger partial charge in [0.1, 0.15) is 12.7 Å². The van der Waals surface area contributed by atoms with Crippen molar-refractivity contribution >= 4 is 11.6 Å². The maximum Gasteiger partial charge on any atom is 0.161 e.